The normalized spacial score (nSPS) is 10.3. The SMILES string of the molecule is CCCCOCCOc1ncc(C(=O)O)cc1Cl. The summed E-state index contributed by atoms with van der Waals surface area (Å²) in [5, 5.41) is 8.92. The Morgan fingerprint density at radius 1 is 1.44 bits per heavy atom. The van der Waals surface area contributed by atoms with Crippen molar-refractivity contribution in [2.24, 2.45) is 0 Å². The van der Waals surface area contributed by atoms with Gasteiger partial charge in [0.25, 0.3) is 0 Å². The van der Waals surface area contributed by atoms with Crippen molar-refractivity contribution in [1.29, 1.82) is 0 Å². The second-order valence-corrected chi connectivity index (χ2v) is 4.04. The maximum Gasteiger partial charge on any atom is 0.337 e. The van der Waals surface area contributed by atoms with Crippen molar-refractivity contribution in [1.82, 2.24) is 4.98 Å². The first-order chi connectivity index (χ1) is 8.65. The first-order valence-corrected chi connectivity index (χ1v) is 6.12. The molecule has 0 atom stereocenters. The molecule has 0 saturated heterocycles. The van der Waals surface area contributed by atoms with Crippen LogP contribution in [0.15, 0.2) is 12.3 Å². The smallest absolute Gasteiger partial charge is 0.337 e. The zero-order valence-corrected chi connectivity index (χ0v) is 10.9. The molecule has 0 fully saturated rings. The molecule has 1 heterocycles. The monoisotopic (exact) mass is 273 g/mol. The summed E-state index contributed by atoms with van der Waals surface area (Å²) >= 11 is 5.84. The van der Waals surface area contributed by atoms with Crippen LogP contribution in [-0.2, 0) is 4.74 Å². The van der Waals surface area contributed by atoms with E-state index >= 15 is 0 Å². The van der Waals surface area contributed by atoms with Crippen LogP contribution in [0.3, 0.4) is 0 Å². The van der Waals surface area contributed by atoms with Gasteiger partial charge in [0.05, 0.1) is 12.2 Å². The quantitative estimate of drug-likeness (QED) is 0.738. The Balaban J connectivity index is 2.36. The summed E-state index contributed by atoms with van der Waals surface area (Å²) in [6.45, 7) is 3.59. The molecule has 0 spiro atoms. The van der Waals surface area contributed by atoms with Gasteiger partial charge < -0.3 is 14.6 Å². The van der Waals surface area contributed by atoms with Crippen molar-refractivity contribution < 1.29 is 19.4 Å². The van der Waals surface area contributed by atoms with Crippen molar-refractivity contribution in [3.8, 4) is 5.88 Å². The van der Waals surface area contributed by atoms with E-state index < -0.39 is 5.97 Å². The molecule has 18 heavy (non-hydrogen) atoms. The van der Waals surface area contributed by atoms with Gasteiger partial charge >= 0.3 is 5.97 Å². The number of rotatable bonds is 8. The first-order valence-electron chi connectivity index (χ1n) is 5.74. The Morgan fingerprint density at radius 2 is 2.22 bits per heavy atom. The summed E-state index contributed by atoms with van der Waals surface area (Å²) in [5.74, 6) is -0.848. The van der Waals surface area contributed by atoms with Crippen LogP contribution in [0.2, 0.25) is 5.02 Å². The van der Waals surface area contributed by atoms with Gasteiger partial charge in [0, 0.05) is 12.8 Å². The second kappa shape index (κ2) is 7.89. The summed E-state index contributed by atoms with van der Waals surface area (Å²) < 4.78 is 10.6. The molecule has 0 saturated carbocycles. The van der Waals surface area contributed by atoms with E-state index in [4.69, 9.17) is 26.2 Å². The molecule has 1 rings (SSSR count). The Kier molecular flexibility index (Phi) is 6.46. The predicted octanol–water partition coefficient (Wildman–Crippen LogP) is 2.63. The summed E-state index contributed by atoms with van der Waals surface area (Å²) in [6.07, 6.45) is 3.32. The number of carboxylic acids is 1. The molecule has 0 aromatic carbocycles. The van der Waals surface area contributed by atoms with Gasteiger partial charge in [-0.15, -0.1) is 0 Å². The largest absolute Gasteiger partial charge is 0.478 e. The standard InChI is InChI=1S/C12H16ClNO4/c1-2-3-4-17-5-6-18-11-10(13)7-9(8-14-11)12(15)16/h7-8H,2-6H2,1H3,(H,15,16). The van der Waals surface area contributed by atoms with Crippen molar-refractivity contribution in [3.05, 3.63) is 22.8 Å². The van der Waals surface area contributed by atoms with Gasteiger partial charge in [0.15, 0.2) is 0 Å². The predicted molar refractivity (Wildman–Crippen MR) is 67.4 cm³/mol. The van der Waals surface area contributed by atoms with Gasteiger partial charge in [-0.3, -0.25) is 0 Å². The Bertz CT molecular complexity index is 398. The maximum atomic E-state index is 10.7. The third kappa shape index (κ3) is 4.89. The number of pyridine rings is 1. The zero-order valence-electron chi connectivity index (χ0n) is 10.2. The number of hydrogen-bond acceptors (Lipinski definition) is 4. The average Bonchev–Trinajstić information content (AvgIpc) is 2.35. The Morgan fingerprint density at radius 3 is 2.83 bits per heavy atom. The highest BCUT2D eigenvalue weighted by Crippen LogP contribution is 2.22. The third-order valence-corrected chi connectivity index (χ3v) is 2.43. The van der Waals surface area contributed by atoms with E-state index in [0.29, 0.717) is 19.8 Å². The minimum absolute atomic E-state index is 0.0338. The number of carbonyl (C=O) groups is 1. The number of ether oxygens (including phenoxy) is 2. The van der Waals surface area contributed by atoms with Crippen LogP contribution < -0.4 is 4.74 Å². The van der Waals surface area contributed by atoms with Crippen LogP contribution in [0, 0.1) is 0 Å². The highest BCUT2D eigenvalue weighted by molar-refractivity contribution is 6.32. The van der Waals surface area contributed by atoms with Crippen LogP contribution in [0.4, 0.5) is 0 Å². The molecule has 0 aliphatic heterocycles. The molecule has 0 aliphatic carbocycles. The molecule has 1 aromatic heterocycles. The van der Waals surface area contributed by atoms with Crippen molar-refractivity contribution in [2.75, 3.05) is 19.8 Å². The Labute approximate surface area is 111 Å². The fourth-order valence-corrected chi connectivity index (χ4v) is 1.42. The summed E-state index contributed by atoms with van der Waals surface area (Å²) in [7, 11) is 0. The zero-order chi connectivity index (χ0) is 13.4. The highest BCUT2D eigenvalue weighted by atomic mass is 35.5. The van der Waals surface area contributed by atoms with Gasteiger partial charge in [-0.25, -0.2) is 9.78 Å². The summed E-state index contributed by atoms with van der Waals surface area (Å²) in [4.78, 5) is 14.5. The molecular weight excluding hydrogens is 258 g/mol. The molecule has 0 radical (unpaired) electrons. The number of aromatic nitrogens is 1. The van der Waals surface area contributed by atoms with E-state index in [1.54, 1.807) is 0 Å². The molecule has 5 nitrogen and oxygen atoms in total. The average molecular weight is 274 g/mol. The summed E-state index contributed by atoms with van der Waals surface area (Å²) in [6, 6.07) is 1.31. The van der Waals surface area contributed by atoms with Crippen molar-refractivity contribution in [2.45, 2.75) is 19.8 Å². The minimum Gasteiger partial charge on any atom is -0.478 e. The van der Waals surface area contributed by atoms with E-state index in [2.05, 4.69) is 11.9 Å². The number of hydrogen-bond donors (Lipinski definition) is 1. The molecule has 0 aliphatic rings. The van der Waals surface area contributed by atoms with Crippen molar-refractivity contribution in [3.63, 3.8) is 0 Å². The second-order valence-electron chi connectivity index (χ2n) is 3.63. The number of carboxylic acid groups (broad SMARTS) is 1. The lowest BCUT2D eigenvalue weighted by Gasteiger charge is -2.07. The fraction of sp³-hybridized carbons (Fsp3) is 0.500. The van der Waals surface area contributed by atoms with Crippen LogP contribution in [0.5, 0.6) is 5.88 Å². The van der Waals surface area contributed by atoms with Gasteiger partial charge in [0.1, 0.15) is 11.6 Å². The number of unbranched alkanes of at least 4 members (excludes halogenated alkanes) is 1. The van der Waals surface area contributed by atoms with E-state index in [-0.39, 0.29) is 16.5 Å². The minimum atomic E-state index is -1.07. The molecule has 0 amide bonds. The van der Waals surface area contributed by atoms with Crippen molar-refractivity contribution >= 4 is 17.6 Å². The molecule has 100 valence electrons. The lowest BCUT2D eigenvalue weighted by atomic mass is 10.3. The van der Waals surface area contributed by atoms with Gasteiger partial charge in [-0.1, -0.05) is 24.9 Å². The highest BCUT2D eigenvalue weighted by Gasteiger charge is 2.09. The van der Waals surface area contributed by atoms with Crippen LogP contribution in [-0.4, -0.2) is 35.9 Å². The fourth-order valence-electron chi connectivity index (χ4n) is 1.19. The lowest BCUT2D eigenvalue weighted by Crippen LogP contribution is -2.09. The molecule has 0 bridgehead atoms. The molecule has 1 aromatic rings. The molecule has 0 unspecified atom stereocenters. The summed E-state index contributed by atoms with van der Waals surface area (Å²) in [5.41, 5.74) is 0.0338. The van der Waals surface area contributed by atoms with E-state index in [0.717, 1.165) is 12.8 Å². The molecule has 6 heteroatoms. The van der Waals surface area contributed by atoms with E-state index in [1.807, 2.05) is 0 Å². The topological polar surface area (TPSA) is 68.7 Å². The number of halogens is 1. The number of aromatic carboxylic acids is 1. The van der Waals surface area contributed by atoms with Crippen LogP contribution in [0.1, 0.15) is 30.1 Å². The van der Waals surface area contributed by atoms with E-state index in [9.17, 15) is 4.79 Å². The third-order valence-electron chi connectivity index (χ3n) is 2.16. The maximum absolute atomic E-state index is 10.7. The Hall–Kier alpha value is -1.33. The first kappa shape index (κ1) is 14.7. The molecule has 1 N–H and O–H groups in total. The van der Waals surface area contributed by atoms with Gasteiger partial charge in [-0.05, 0) is 12.5 Å². The number of nitrogens with zero attached hydrogens (tertiary/aromatic N) is 1. The van der Waals surface area contributed by atoms with Gasteiger partial charge in [-0.2, -0.15) is 0 Å². The molecular formula is C12H16ClNO4. The van der Waals surface area contributed by atoms with Gasteiger partial charge in [0.2, 0.25) is 5.88 Å². The van der Waals surface area contributed by atoms with E-state index in [1.165, 1.54) is 12.3 Å². The van der Waals surface area contributed by atoms with Crippen LogP contribution >= 0.6 is 11.6 Å². The lowest BCUT2D eigenvalue weighted by molar-refractivity contribution is 0.0696. The van der Waals surface area contributed by atoms with Crippen LogP contribution in [0.25, 0.3) is 0 Å².